The second kappa shape index (κ2) is 7.20. The number of pyridine rings is 1. The molecule has 118 valence electrons. The first kappa shape index (κ1) is 16.2. The van der Waals surface area contributed by atoms with Crippen LogP contribution in [0.4, 0.5) is 5.82 Å². The van der Waals surface area contributed by atoms with E-state index in [4.69, 9.17) is 5.26 Å². The molecule has 0 bridgehead atoms. The highest BCUT2D eigenvalue weighted by atomic mass is 16.3. The van der Waals surface area contributed by atoms with Gasteiger partial charge in [-0.25, -0.2) is 4.98 Å². The van der Waals surface area contributed by atoms with Crippen LogP contribution in [0.3, 0.4) is 0 Å². The van der Waals surface area contributed by atoms with E-state index in [1.54, 1.807) is 37.3 Å². The predicted octanol–water partition coefficient (Wildman–Crippen LogP) is -0.111. The summed E-state index contributed by atoms with van der Waals surface area (Å²) in [4.78, 5) is 19.3. The van der Waals surface area contributed by atoms with Gasteiger partial charge in [-0.2, -0.15) is 5.26 Å². The molecule has 2 heterocycles. The first-order chi connectivity index (χ1) is 10.5. The molecule has 1 fully saturated rings. The van der Waals surface area contributed by atoms with Crippen molar-refractivity contribution in [1.29, 1.82) is 5.26 Å². The highest BCUT2D eigenvalue weighted by Crippen LogP contribution is 2.18. The van der Waals surface area contributed by atoms with Crippen molar-refractivity contribution in [2.24, 2.45) is 0 Å². The Morgan fingerprint density at radius 3 is 3.05 bits per heavy atom. The summed E-state index contributed by atoms with van der Waals surface area (Å²) >= 11 is 0. The quantitative estimate of drug-likeness (QED) is 0.806. The lowest BCUT2D eigenvalue weighted by Gasteiger charge is -2.36. The number of carbonyl (C=O) groups excluding carboxylic acids is 1. The molecule has 1 aliphatic rings. The third kappa shape index (κ3) is 3.93. The van der Waals surface area contributed by atoms with Gasteiger partial charge >= 0.3 is 0 Å². The maximum atomic E-state index is 11.7. The number of aromatic nitrogens is 1. The molecule has 1 saturated heterocycles. The highest BCUT2D eigenvalue weighted by molar-refractivity contribution is 5.77. The van der Waals surface area contributed by atoms with Gasteiger partial charge in [0.15, 0.2) is 0 Å². The molecule has 22 heavy (non-hydrogen) atoms. The summed E-state index contributed by atoms with van der Waals surface area (Å²) in [6.45, 7) is 1.44. The van der Waals surface area contributed by atoms with Crippen molar-refractivity contribution in [3.8, 4) is 6.07 Å². The topological polar surface area (TPSA) is 92.5 Å². The van der Waals surface area contributed by atoms with Gasteiger partial charge in [0.1, 0.15) is 11.9 Å². The number of piperidine rings is 1. The molecule has 7 heteroatoms. The number of likely N-dealkylation sites (tertiary alicyclic amines) is 1. The van der Waals surface area contributed by atoms with Crippen LogP contribution in [0, 0.1) is 11.3 Å². The third-order valence-electron chi connectivity index (χ3n) is 3.77. The van der Waals surface area contributed by atoms with E-state index in [2.05, 4.69) is 16.4 Å². The van der Waals surface area contributed by atoms with Crippen LogP contribution in [-0.2, 0) is 4.79 Å². The molecule has 0 saturated carbocycles. The standard InChI is InChI=1S/C15H21N5O2/c1-19(2)14(22)10-20-7-5-12(13(21)9-20)18-15-11(8-16)4-3-6-17-15/h3-4,6,12-13,21H,5,7,9-10H2,1-2H3,(H,17,18)/t12-,13-/m1/s1. The minimum atomic E-state index is -0.614. The Hall–Kier alpha value is -2.17. The molecule has 1 amide bonds. The fraction of sp³-hybridized carbons (Fsp3) is 0.533. The van der Waals surface area contributed by atoms with Crippen LogP contribution in [0.5, 0.6) is 0 Å². The van der Waals surface area contributed by atoms with E-state index in [9.17, 15) is 9.90 Å². The average molecular weight is 303 g/mol. The van der Waals surface area contributed by atoms with E-state index >= 15 is 0 Å². The number of rotatable bonds is 4. The Bertz CT molecular complexity index is 569. The number of amides is 1. The highest BCUT2D eigenvalue weighted by Gasteiger charge is 2.29. The number of hydrogen-bond donors (Lipinski definition) is 2. The molecular weight excluding hydrogens is 282 g/mol. The molecule has 7 nitrogen and oxygen atoms in total. The summed E-state index contributed by atoms with van der Waals surface area (Å²) in [5, 5.41) is 22.5. The van der Waals surface area contributed by atoms with E-state index < -0.39 is 6.10 Å². The minimum absolute atomic E-state index is 0.0232. The van der Waals surface area contributed by atoms with Crippen molar-refractivity contribution in [2.45, 2.75) is 18.6 Å². The van der Waals surface area contributed by atoms with E-state index in [0.717, 1.165) is 0 Å². The van der Waals surface area contributed by atoms with Crippen molar-refractivity contribution < 1.29 is 9.90 Å². The summed E-state index contributed by atoms with van der Waals surface area (Å²) in [6, 6.07) is 5.30. The van der Waals surface area contributed by atoms with Gasteiger partial charge in [0, 0.05) is 33.4 Å². The predicted molar refractivity (Wildman–Crippen MR) is 82.1 cm³/mol. The molecule has 0 spiro atoms. The number of anilines is 1. The van der Waals surface area contributed by atoms with Crippen molar-refractivity contribution in [2.75, 3.05) is 39.0 Å². The van der Waals surface area contributed by atoms with Crippen LogP contribution >= 0.6 is 0 Å². The van der Waals surface area contributed by atoms with Gasteiger partial charge in [-0.05, 0) is 18.6 Å². The number of nitrogens with zero attached hydrogens (tertiary/aromatic N) is 4. The van der Waals surface area contributed by atoms with Crippen molar-refractivity contribution in [1.82, 2.24) is 14.8 Å². The Morgan fingerprint density at radius 2 is 2.41 bits per heavy atom. The fourth-order valence-electron chi connectivity index (χ4n) is 2.43. The van der Waals surface area contributed by atoms with E-state index in [0.29, 0.717) is 37.4 Å². The molecule has 2 rings (SSSR count). The van der Waals surface area contributed by atoms with E-state index in [1.807, 2.05) is 4.90 Å². The Kier molecular flexibility index (Phi) is 5.31. The Morgan fingerprint density at radius 1 is 1.64 bits per heavy atom. The summed E-state index contributed by atoms with van der Waals surface area (Å²) in [5.41, 5.74) is 0.458. The van der Waals surface area contributed by atoms with Crippen LogP contribution in [0.1, 0.15) is 12.0 Å². The zero-order valence-electron chi connectivity index (χ0n) is 12.9. The maximum Gasteiger partial charge on any atom is 0.236 e. The zero-order chi connectivity index (χ0) is 16.1. The second-order valence-corrected chi connectivity index (χ2v) is 5.64. The number of β-amino-alcohol motifs (C(OH)–C–C–N with tert-alkyl or cyclic N) is 1. The number of hydrogen-bond acceptors (Lipinski definition) is 6. The van der Waals surface area contributed by atoms with Crippen molar-refractivity contribution >= 4 is 11.7 Å². The van der Waals surface area contributed by atoms with Gasteiger partial charge in [-0.3, -0.25) is 9.69 Å². The lowest BCUT2D eigenvalue weighted by Crippen LogP contribution is -2.52. The maximum absolute atomic E-state index is 11.7. The van der Waals surface area contributed by atoms with Gasteiger partial charge in [0.25, 0.3) is 0 Å². The summed E-state index contributed by atoms with van der Waals surface area (Å²) in [7, 11) is 3.44. The van der Waals surface area contributed by atoms with Crippen LogP contribution < -0.4 is 5.32 Å². The van der Waals surface area contributed by atoms with Crippen LogP contribution in [0.25, 0.3) is 0 Å². The first-order valence-corrected chi connectivity index (χ1v) is 7.23. The van der Waals surface area contributed by atoms with Crippen LogP contribution in [0.2, 0.25) is 0 Å². The molecule has 2 N–H and O–H groups in total. The van der Waals surface area contributed by atoms with Gasteiger partial charge < -0.3 is 15.3 Å². The Labute approximate surface area is 130 Å². The molecule has 1 aliphatic heterocycles. The van der Waals surface area contributed by atoms with Crippen LogP contribution in [-0.4, -0.2) is 71.7 Å². The monoisotopic (exact) mass is 303 g/mol. The normalized spacial score (nSPS) is 21.9. The molecule has 0 radical (unpaired) electrons. The Balaban J connectivity index is 1.94. The molecule has 0 aliphatic carbocycles. The molecule has 1 aromatic heterocycles. The fourth-order valence-corrected chi connectivity index (χ4v) is 2.43. The van der Waals surface area contributed by atoms with E-state index in [1.165, 1.54) is 0 Å². The number of likely N-dealkylation sites (N-methyl/N-ethyl adjacent to an activating group) is 1. The summed E-state index contributed by atoms with van der Waals surface area (Å²) < 4.78 is 0. The average Bonchev–Trinajstić information content (AvgIpc) is 2.50. The van der Waals surface area contributed by atoms with Crippen LogP contribution in [0.15, 0.2) is 18.3 Å². The van der Waals surface area contributed by atoms with Gasteiger partial charge in [0.2, 0.25) is 5.91 Å². The lowest BCUT2D eigenvalue weighted by atomic mass is 10.0. The number of aliphatic hydroxyl groups is 1. The second-order valence-electron chi connectivity index (χ2n) is 5.64. The largest absolute Gasteiger partial charge is 0.390 e. The van der Waals surface area contributed by atoms with Gasteiger partial charge in [-0.15, -0.1) is 0 Å². The number of nitriles is 1. The number of carbonyl (C=O) groups is 1. The zero-order valence-corrected chi connectivity index (χ0v) is 12.9. The summed E-state index contributed by atoms with van der Waals surface area (Å²) in [6.07, 6.45) is 1.68. The SMILES string of the molecule is CN(C)C(=O)CN1CC[C@@H](Nc2ncccc2C#N)[C@H](O)C1. The first-order valence-electron chi connectivity index (χ1n) is 7.23. The lowest BCUT2D eigenvalue weighted by molar-refractivity contribution is -0.130. The molecular formula is C15H21N5O2. The molecule has 0 aromatic carbocycles. The minimum Gasteiger partial charge on any atom is -0.390 e. The van der Waals surface area contributed by atoms with Crippen molar-refractivity contribution in [3.63, 3.8) is 0 Å². The van der Waals surface area contributed by atoms with E-state index in [-0.39, 0.29) is 11.9 Å². The molecule has 0 unspecified atom stereocenters. The number of nitrogens with one attached hydrogen (secondary N) is 1. The smallest absolute Gasteiger partial charge is 0.236 e. The van der Waals surface area contributed by atoms with Gasteiger partial charge in [0.05, 0.1) is 24.3 Å². The van der Waals surface area contributed by atoms with Crippen molar-refractivity contribution in [3.05, 3.63) is 23.9 Å². The molecule has 1 aromatic rings. The third-order valence-corrected chi connectivity index (χ3v) is 3.77. The molecule has 2 atom stereocenters. The van der Waals surface area contributed by atoms with Gasteiger partial charge in [-0.1, -0.05) is 0 Å². The number of aliphatic hydroxyl groups excluding tert-OH is 1. The summed E-state index contributed by atoms with van der Waals surface area (Å²) in [5.74, 6) is 0.516.